The molecule has 0 aromatic heterocycles. The van der Waals surface area contributed by atoms with Crippen LogP contribution in [-0.2, 0) is 13.6 Å². The van der Waals surface area contributed by atoms with Gasteiger partial charge in [0.2, 0.25) is 0 Å². The molecule has 0 unspecified atom stereocenters. The van der Waals surface area contributed by atoms with Crippen LogP contribution >= 0.6 is 19.4 Å². The Kier molecular flexibility index (Phi) is 4.32. The zero-order chi connectivity index (χ0) is 14.7. The topological polar surface area (TPSA) is 44.8 Å². The van der Waals surface area contributed by atoms with E-state index in [1.807, 2.05) is 30.3 Å². The maximum Gasteiger partial charge on any atom is 0.530 e. The Morgan fingerprint density at radius 3 is 2.52 bits per heavy atom. The highest BCUT2D eigenvalue weighted by Crippen LogP contribution is 2.56. The minimum Gasteiger partial charge on any atom is -0.404 e. The molecule has 1 heterocycles. The van der Waals surface area contributed by atoms with Crippen LogP contribution in [0.4, 0.5) is 0 Å². The molecular formula is C15H14ClO4P. The van der Waals surface area contributed by atoms with E-state index in [-0.39, 0.29) is 6.10 Å². The molecule has 0 bridgehead atoms. The molecule has 1 saturated heterocycles. The molecule has 0 amide bonds. The highest BCUT2D eigenvalue weighted by atomic mass is 35.5. The third kappa shape index (κ3) is 3.66. The third-order valence-electron chi connectivity index (χ3n) is 3.09. The molecule has 1 fully saturated rings. The second-order valence-corrected chi connectivity index (χ2v) is 6.60. The highest BCUT2D eigenvalue weighted by Gasteiger charge is 2.37. The minimum atomic E-state index is -3.62. The maximum atomic E-state index is 12.6. The Balaban J connectivity index is 1.75. The van der Waals surface area contributed by atoms with Gasteiger partial charge in [0.05, 0.1) is 12.7 Å². The van der Waals surface area contributed by atoms with E-state index >= 15 is 0 Å². The Bertz CT molecular complexity index is 644. The zero-order valence-electron chi connectivity index (χ0n) is 11.1. The first-order chi connectivity index (χ1) is 10.1. The molecule has 1 aliphatic rings. The zero-order valence-corrected chi connectivity index (χ0v) is 12.8. The van der Waals surface area contributed by atoms with Gasteiger partial charge in [0.15, 0.2) is 0 Å². The van der Waals surface area contributed by atoms with E-state index in [4.69, 9.17) is 25.2 Å². The van der Waals surface area contributed by atoms with E-state index < -0.39 is 7.82 Å². The van der Waals surface area contributed by atoms with E-state index in [2.05, 4.69) is 0 Å². The molecule has 2 aromatic carbocycles. The van der Waals surface area contributed by atoms with Crippen molar-refractivity contribution in [3.8, 4) is 5.75 Å². The first-order valence-electron chi connectivity index (χ1n) is 6.58. The molecule has 0 radical (unpaired) electrons. The largest absolute Gasteiger partial charge is 0.530 e. The summed E-state index contributed by atoms with van der Waals surface area (Å²) in [5, 5.41) is 0.577. The fraction of sp³-hybridized carbons (Fsp3) is 0.200. The van der Waals surface area contributed by atoms with Gasteiger partial charge in [-0.05, 0) is 29.8 Å². The lowest BCUT2D eigenvalue weighted by molar-refractivity contribution is 0.0510. The van der Waals surface area contributed by atoms with Crippen molar-refractivity contribution in [1.82, 2.24) is 0 Å². The molecule has 4 nitrogen and oxygen atoms in total. The lowest BCUT2D eigenvalue weighted by Gasteiger charge is -2.29. The first-order valence-corrected chi connectivity index (χ1v) is 8.42. The molecular weight excluding hydrogens is 311 g/mol. The second kappa shape index (κ2) is 6.20. The van der Waals surface area contributed by atoms with Gasteiger partial charge in [-0.2, -0.15) is 0 Å². The second-order valence-electron chi connectivity index (χ2n) is 4.62. The van der Waals surface area contributed by atoms with Gasteiger partial charge in [0.1, 0.15) is 5.75 Å². The highest BCUT2D eigenvalue weighted by molar-refractivity contribution is 7.49. The number of rotatable bonds is 3. The van der Waals surface area contributed by atoms with E-state index in [0.717, 1.165) is 5.56 Å². The lowest BCUT2D eigenvalue weighted by Crippen LogP contribution is -2.16. The Morgan fingerprint density at radius 2 is 1.81 bits per heavy atom. The Labute approximate surface area is 128 Å². The van der Waals surface area contributed by atoms with E-state index in [1.165, 1.54) is 0 Å². The average molecular weight is 325 g/mol. The number of halogens is 1. The van der Waals surface area contributed by atoms with Crippen LogP contribution in [0.2, 0.25) is 5.02 Å². The minimum absolute atomic E-state index is 0.293. The van der Waals surface area contributed by atoms with Gasteiger partial charge >= 0.3 is 7.82 Å². The molecule has 2 atom stereocenters. The SMILES string of the molecule is O=[P@]1(Oc2ccc(Cl)cc2)OCC[C@H](c2ccccc2)O1. The molecule has 0 N–H and O–H groups in total. The fourth-order valence-electron chi connectivity index (χ4n) is 2.08. The van der Waals surface area contributed by atoms with Crippen molar-refractivity contribution in [2.24, 2.45) is 0 Å². The third-order valence-corrected chi connectivity index (χ3v) is 4.79. The number of phosphoric acid groups is 1. The summed E-state index contributed by atoms with van der Waals surface area (Å²) in [7, 11) is -3.62. The predicted molar refractivity (Wildman–Crippen MR) is 80.5 cm³/mol. The maximum absolute atomic E-state index is 12.6. The van der Waals surface area contributed by atoms with Crippen LogP contribution in [0.3, 0.4) is 0 Å². The summed E-state index contributed by atoms with van der Waals surface area (Å²) in [5.74, 6) is 0.399. The van der Waals surface area contributed by atoms with Gasteiger partial charge in [0.25, 0.3) is 0 Å². The first kappa shape index (κ1) is 14.6. The van der Waals surface area contributed by atoms with E-state index in [9.17, 15) is 4.57 Å². The van der Waals surface area contributed by atoms with Gasteiger partial charge < -0.3 is 4.52 Å². The van der Waals surface area contributed by atoms with Gasteiger partial charge in [-0.3, -0.25) is 9.05 Å². The van der Waals surface area contributed by atoms with Gasteiger partial charge in [-0.1, -0.05) is 41.9 Å². The average Bonchev–Trinajstić information content (AvgIpc) is 2.50. The van der Waals surface area contributed by atoms with Gasteiger partial charge in [-0.25, -0.2) is 4.57 Å². The smallest absolute Gasteiger partial charge is 0.404 e. The van der Waals surface area contributed by atoms with E-state index in [0.29, 0.717) is 23.8 Å². The van der Waals surface area contributed by atoms with Crippen molar-refractivity contribution in [2.45, 2.75) is 12.5 Å². The van der Waals surface area contributed by atoms with Crippen molar-refractivity contribution in [2.75, 3.05) is 6.61 Å². The molecule has 21 heavy (non-hydrogen) atoms. The van der Waals surface area contributed by atoms with Crippen molar-refractivity contribution in [1.29, 1.82) is 0 Å². The number of phosphoric ester groups is 1. The summed E-state index contributed by atoms with van der Waals surface area (Å²) in [6.45, 7) is 0.324. The van der Waals surface area contributed by atoms with Crippen LogP contribution in [0.5, 0.6) is 5.75 Å². The standard InChI is InChI=1S/C15H14ClO4P/c16-13-6-8-14(9-7-13)19-21(17)18-11-10-15(20-21)12-4-2-1-3-5-12/h1-9,15H,10-11H2/t15-,21-/m1/s1. The van der Waals surface area contributed by atoms with Crippen LogP contribution < -0.4 is 4.52 Å². The Hall–Kier alpha value is -1.32. The van der Waals surface area contributed by atoms with Crippen LogP contribution in [0.15, 0.2) is 54.6 Å². The molecule has 6 heteroatoms. The molecule has 0 aliphatic carbocycles. The summed E-state index contributed by atoms with van der Waals surface area (Å²) in [5.41, 5.74) is 0.959. The van der Waals surface area contributed by atoms with Crippen molar-refractivity contribution >= 4 is 19.4 Å². The molecule has 0 saturated carbocycles. The number of hydrogen-bond donors (Lipinski definition) is 0. The van der Waals surface area contributed by atoms with Crippen LogP contribution in [0, 0.1) is 0 Å². The van der Waals surface area contributed by atoms with Crippen LogP contribution in [-0.4, -0.2) is 6.61 Å². The summed E-state index contributed by atoms with van der Waals surface area (Å²) < 4.78 is 28.8. The fourth-order valence-corrected chi connectivity index (χ4v) is 3.61. The van der Waals surface area contributed by atoms with Crippen LogP contribution in [0.1, 0.15) is 18.1 Å². The number of benzene rings is 2. The molecule has 1 aliphatic heterocycles. The number of hydrogen-bond acceptors (Lipinski definition) is 4. The lowest BCUT2D eigenvalue weighted by atomic mass is 10.1. The van der Waals surface area contributed by atoms with Gasteiger partial charge in [-0.15, -0.1) is 0 Å². The molecule has 0 spiro atoms. The van der Waals surface area contributed by atoms with E-state index in [1.54, 1.807) is 24.3 Å². The molecule has 3 rings (SSSR count). The summed E-state index contributed by atoms with van der Waals surface area (Å²) >= 11 is 5.81. The van der Waals surface area contributed by atoms with Crippen molar-refractivity contribution in [3.05, 3.63) is 65.2 Å². The summed E-state index contributed by atoms with van der Waals surface area (Å²) in [6.07, 6.45) is 0.343. The van der Waals surface area contributed by atoms with Crippen molar-refractivity contribution < 1.29 is 18.1 Å². The molecule has 2 aromatic rings. The van der Waals surface area contributed by atoms with Crippen LogP contribution in [0.25, 0.3) is 0 Å². The monoisotopic (exact) mass is 324 g/mol. The predicted octanol–water partition coefficient (Wildman–Crippen LogP) is 5.01. The summed E-state index contributed by atoms with van der Waals surface area (Å²) in [6, 6.07) is 16.2. The quantitative estimate of drug-likeness (QED) is 0.745. The summed E-state index contributed by atoms with van der Waals surface area (Å²) in [4.78, 5) is 0. The van der Waals surface area contributed by atoms with Gasteiger partial charge in [0, 0.05) is 11.4 Å². The van der Waals surface area contributed by atoms with Crippen molar-refractivity contribution in [3.63, 3.8) is 0 Å². The normalized spacial score (nSPS) is 25.5. The molecule has 110 valence electrons. The Morgan fingerprint density at radius 1 is 1.10 bits per heavy atom.